The highest BCUT2D eigenvalue weighted by Crippen LogP contribution is 2.45. The highest BCUT2D eigenvalue weighted by Gasteiger charge is 2.26. The van der Waals surface area contributed by atoms with E-state index in [1.165, 1.54) is 6.07 Å². The summed E-state index contributed by atoms with van der Waals surface area (Å²) in [7, 11) is 0. The minimum Gasteiger partial charge on any atom is -0.326 e. The molecule has 0 amide bonds. The number of allylic oxidation sites excluding steroid dienone is 4. The Hall–Kier alpha value is -2.17. The van der Waals surface area contributed by atoms with E-state index >= 15 is 4.39 Å². The summed E-state index contributed by atoms with van der Waals surface area (Å²) in [5, 5.41) is 0. The number of nitrogens with two attached hydrogens (primary N) is 1. The lowest BCUT2D eigenvalue weighted by Crippen LogP contribution is -2.12. The predicted octanol–water partition coefficient (Wildman–Crippen LogP) is 9.48. The maximum atomic E-state index is 15.1. The van der Waals surface area contributed by atoms with Gasteiger partial charge in [-0.15, -0.1) is 11.8 Å². The first-order chi connectivity index (χ1) is 17.3. The van der Waals surface area contributed by atoms with Gasteiger partial charge in [-0.3, -0.25) is 0 Å². The van der Waals surface area contributed by atoms with Crippen molar-refractivity contribution in [2.24, 2.45) is 16.6 Å². The summed E-state index contributed by atoms with van der Waals surface area (Å²) >= 11 is 1.59. The fourth-order valence-corrected chi connectivity index (χ4v) is 5.24. The smallest absolute Gasteiger partial charge is 0.131 e. The number of hydrogen-bond donors (Lipinski definition) is 1. The van der Waals surface area contributed by atoms with Crippen LogP contribution in [0.25, 0.3) is 16.7 Å². The zero-order chi connectivity index (χ0) is 28.6. The van der Waals surface area contributed by atoms with Crippen molar-refractivity contribution in [2.45, 2.75) is 93.5 Å². The molecule has 204 valence electrons. The SMILES string of the molecule is CC.CC(C)(C)C.CSc1c(C)c(CC=O)c(C2=CCC(C)(C)C=C2)c(C)c1-c1c(F)cccc1CN. The largest absolute Gasteiger partial charge is 0.326 e. The Balaban J connectivity index is 0.000000874. The summed E-state index contributed by atoms with van der Waals surface area (Å²) in [6.07, 6.45) is 10.8. The van der Waals surface area contributed by atoms with Gasteiger partial charge in [0.2, 0.25) is 0 Å². The van der Waals surface area contributed by atoms with E-state index in [2.05, 4.69) is 59.8 Å². The Morgan fingerprint density at radius 2 is 1.65 bits per heavy atom. The van der Waals surface area contributed by atoms with E-state index in [0.717, 1.165) is 56.6 Å². The van der Waals surface area contributed by atoms with Gasteiger partial charge in [-0.2, -0.15) is 0 Å². The first-order valence-corrected chi connectivity index (χ1v) is 14.5. The molecule has 0 aromatic heterocycles. The van der Waals surface area contributed by atoms with Crippen LogP contribution in [0.4, 0.5) is 4.39 Å². The Morgan fingerprint density at radius 1 is 1.05 bits per heavy atom. The standard InChI is InChI=1S/C26H30FNOS.C5H12.C2H6/c1-16-20(11-14-29)22(18-9-12-26(3,4)13-10-18)17(2)23(25(16)30-5)24-19(15-28)7-6-8-21(24)27;1-5(2,3)4;1-2/h6-10,12,14H,11,13,15,28H2,1-5H3;1-4H3;1-2H3. The summed E-state index contributed by atoms with van der Waals surface area (Å²) in [6, 6.07) is 5.09. The van der Waals surface area contributed by atoms with E-state index in [-0.39, 0.29) is 17.8 Å². The summed E-state index contributed by atoms with van der Waals surface area (Å²) < 4.78 is 15.1. The van der Waals surface area contributed by atoms with E-state index < -0.39 is 0 Å². The molecule has 1 aliphatic rings. The average molecular weight is 526 g/mol. The Morgan fingerprint density at radius 3 is 2.11 bits per heavy atom. The van der Waals surface area contributed by atoms with Crippen LogP contribution in [-0.2, 0) is 17.8 Å². The number of aldehydes is 1. The van der Waals surface area contributed by atoms with Crippen molar-refractivity contribution in [3.05, 3.63) is 70.1 Å². The molecule has 0 atom stereocenters. The fraction of sp³-hybridized carbons (Fsp3) is 0.485. The molecule has 1 aliphatic carbocycles. The van der Waals surface area contributed by atoms with Crippen molar-refractivity contribution in [1.29, 1.82) is 0 Å². The number of halogens is 1. The normalized spacial score (nSPS) is 14.1. The van der Waals surface area contributed by atoms with Crippen LogP contribution in [0.15, 0.2) is 41.3 Å². The highest BCUT2D eigenvalue weighted by molar-refractivity contribution is 7.98. The third-order valence-corrected chi connectivity index (χ3v) is 6.90. The summed E-state index contributed by atoms with van der Waals surface area (Å²) in [4.78, 5) is 12.6. The van der Waals surface area contributed by atoms with Gasteiger partial charge in [-0.1, -0.05) is 85.8 Å². The molecule has 37 heavy (non-hydrogen) atoms. The van der Waals surface area contributed by atoms with Crippen LogP contribution in [0, 0.1) is 30.5 Å². The van der Waals surface area contributed by atoms with Gasteiger partial charge < -0.3 is 10.5 Å². The third kappa shape index (κ3) is 8.68. The molecule has 0 unspecified atom stereocenters. The van der Waals surface area contributed by atoms with Crippen LogP contribution in [-0.4, -0.2) is 12.5 Å². The Kier molecular flexibility index (Phi) is 12.5. The van der Waals surface area contributed by atoms with Gasteiger partial charge in [0.1, 0.15) is 12.1 Å². The molecule has 0 saturated heterocycles. The number of carbonyl (C=O) groups excluding carboxylic acids is 1. The van der Waals surface area contributed by atoms with Gasteiger partial charge in [0, 0.05) is 29.0 Å². The van der Waals surface area contributed by atoms with E-state index in [1.807, 2.05) is 40.0 Å². The molecule has 0 heterocycles. The molecule has 0 saturated carbocycles. The second-order valence-corrected chi connectivity index (χ2v) is 12.4. The van der Waals surface area contributed by atoms with E-state index in [9.17, 15) is 4.79 Å². The maximum Gasteiger partial charge on any atom is 0.131 e. The number of benzene rings is 2. The molecule has 4 heteroatoms. The zero-order valence-corrected chi connectivity index (χ0v) is 25.8. The minimum absolute atomic E-state index is 0.109. The summed E-state index contributed by atoms with van der Waals surface area (Å²) in [6.45, 7) is 21.5. The van der Waals surface area contributed by atoms with Crippen molar-refractivity contribution in [3.8, 4) is 11.1 Å². The van der Waals surface area contributed by atoms with Gasteiger partial charge in [-0.05, 0) is 76.8 Å². The minimum atomic E-state index is -0.265. The molecular weight excluding hydrogens is 477 g/mol. The lowest BCUT2D eigenvalue weighted by Gasteiger charge is -2.28. The zero-order valence-electron chi connectivity index (χ0n) is 24.9. The molecule has 0 aliphatic heterocycles. The van der Waals surface area contributed by atoms with Crippen LogP contribution in [0.2, 0.25) is 0 Å². The molecule has 2 aromatic carbocycles. The molecular formula is C33H48FNOS. The van der Waals surface area contributed by atoms with E-state index in [1.54, 1.807) is 17.8 Å². The van der Waals surface area contributed by atoms with E-state index in [0.29, 0.717) is 17.4 Å². The van der Waals surface area contributed by atoms with Gasteiger partial charge in [0.25, 0.3) is 0 Å². The molecule has 0 spiro atoms. The first-order valence-electron chi connectivity index (χ1n) is 13.3. The van der Waals surface area contributed by atoms with Gasteiger partial charge in [0.05, 0.1) is 0 Å². The van der Waals surface area contributed by atoms with Crippen molar-refractivity contribution >= 4 is 23.6 Å². The monoisotopic (exact) mass is 525 g/mol. The van der Waals surface area contributed by atoms with Crippen LogP contribution in [0.3, 0.4) is 0 Å². The van der Waals surface area contributed by atoms with Crippen LogP contribution in [0.5, 0.6) is 0 Å². The van der Waals surface area contributed by atoms with Gasteiger partial charge >= 0.3 is 0 Å². The number of hydrogen-bond acceptors (Lipinski definition) is 3. The maximum absolute atomic E-state index is 15.1. The van der Waals surface area contributed by atoms with Crippen molar-refractivity contribution in [2.75, 3.05) is 6.26 Å². The lowest BCUT2D eigenvalue weighted by molar-refractivity contribution is -0.107. The quantitative estimate of drug-likeness (QED) is 0.302. The van der Waals surface area contributed by atoms with Crippen LogP contribution >= 0.6 is 11.8 Å². The molecule has 2 N–H and O–H groups in total. The van der Waals surface area contributed by atoms with Crippen molar-refractivity contribution in [3.63, 3.8) is 0 Å². The summed E-state index contributed by atoms with van der Waals surface area (Å²) in [5.41, 5.74) is 14.1. The van der Waals surface area contributed by atoms with Crippen LogP contribution < -0.4 is 5.73 Å². The Bertz CT molecular complexity index is 1130. The van der Waals surface area contributed by atoms with Gasteiger partial charge in [-0.25, -0.2) is 4.39 Å². The second kappa shape index (κ2) is 14.1. The average Bonchev–Trinajstić information content (AvgIpc) is 2.82. The first kappa shape index (κ1) is 32.9. The molecule has 0 radical (unpaired) electrons. The third-order valence-electron chi connectivity index (χ3n) is 5.98. The lowest BCUT2D eigenvalue weighted by atomic mass is 9.78. The number of thioether (sulfide) groups is 1. The topological polar surface area (TPSA) is 43.1 Å². The van der Waals surface area contributed by atoms with Crippen molar-refractivity contribution < 1.29 is 9.18 Å². The second-order valence-electron chi connectivity index (χ2n) is 11.5. The predicted molar refractivity (Wildman–Crippen MR) is 163 cm³/mol. The number of rotatable bonds is 6. The van der Waals surface area contributed by atoms with Crippen LogP contribution in [0.1, 0.15) is 89.6 Å². The Labute approximate surface area is 230 Å². The summed E-state index contributed by atoms with van der Waals surface area (Å²) in [5.74, 6) is -0.265. The molecule has 0 bridgehead atoms. The number of carbonyl (C=O) groups is 1. The molecule has 2 nitrogen and oxygen atoms in total. The van der Waals surface area contributed by atoms with Crippen molar-refractivity contribution in [1.82, 2.24) is 0 Å². The molecule has 0 fully saturated rings. The van der Waals surface area contributed by atoms with Gasteiger partial charge in [0.15, 0.2) is 0 Å². The molecule has 2 aromatic rings. The highest BCUT2D eigenvalue weighted by atomic mass is 32.2. The molecule has 3 rings (SSSR count). The fourth-order valence-electron chi connectivity index (χ4n) is 4.35. The van der Waals surface area contributed by atoms with E-state index in [4.69, 9.17) is 5.73 Å².